The summed E-state index contributed by atoms with van der Waals surface area (Å²) < 4.78 is 6.92. The summed E-state index contributed by atoms with van der Waals surface area (Å²) in [5, 5.41) is 9.79. The number of aromatic nitrogens is 3. The second-order valence-corrected chi connectivity index (χ2v) is 8.52. The van der Waals surface area contributed by atoms with Crippen LogP contribution in [0.25, 0.3) is 23.0 Å². The maximum absolute atomic E-state index is 12.9. The van der Waals surface area contributed by atoms with E-state index in [0.29, 0.717) is 22.6 Å². The van der Waals surface area contributed by atoms with Crippen molar-refractivity contribution >= 4 is 34.5 Å². The van der Waals surface area contributed by atoms with E-state index in [0.717, 1.165) is 28.3 Å². The third-order valence-electron chi connectivity index (χ3n) is 5.40. The zero-order valence-electron chi connectivity index (χ0n) is 18.5. The smallest absolute Gasteiger partial charge is 0.208 e. The van der Waals surface area contributed by atoms with Crippen LogP contribution in [-0.2, 0) is 0 Å². The van der Waals surface area contributed by atoms with Gasteiger partial charge >= 0.3 is 0 Å². The van der Waals surface area contributed by atoms with Crippen LogP contribution in [0.1, 0.15) is 20.8 Å². The fraction of sp³-hybridized carbons (Fsp3) is 0.0741. The Morgan fingerprint density at radius 2 is 2.00 bits per heavy atom. The van der Waals surface area contributed by atoms with Gasteiger partial charge in [-0.1, -0.05) is 42.5 Å². The fourth-order valence-corrected chi connectivity index (χ4v) is 4.36. The Balaban J connectivity index is 1.34. The number of benzene rings is 2. The number of rotatable bonds is 8. The van der Waals surface area contributed by atoms with Gasteiger partial charge in [-0.2, -0.15) is 5.10 Å². The number of carbonyl (C=O) groups is 1. The number of nitrogens with zero attached hydrogens (tertiary/aromatic N) is 3. The van der Waals surface area contributed by atoms with Crippen LogP contribution in [0, 0.1) is 0 Å². The lowest BCUT2D eigenvalue weighted by atomic mass is 10.1. The highest BCUT2D eigenvalue weighted by Gasteiger charge is 2.18. The molecule has 7 heteroatoms. The lowest BCUT2D eigenvalue weighted by molar-refractivity contribution is 0.104. The van der Waals surface area contributed by atoms with Crippen LogP contribution >= 0.6 is 11.3 Å². The van der Waals surface area contributed by atoms with Crippen molar-refractivity contribution in [2.24, 2.45) is 0 Å². The number of carbonyl (C=O) groups excluding carboxylic acids is 1. The molecular formula is C27H22N4O2S. The van der Waals surface area contributed by atoms with Crippen molar-refractivity contribution in [3.8, 4) is 17.0 Å². The Hall–Kier alpha value is -4.23. The van der Waals surface area contributed by atoms with Gasteiger partial charge in [0.15, 0.2) is 5.65 Å². The Labute approximate surface area is 201 Å². The molecule has 5 rings (SSSR count). The van der Waals surface area contributed by atoms with E-state index in [1.54, 1.807) is 24.0 Å². The van der Waals surface area contributed by atoms with Crippen LogP contribution in [0.3, 0.4) is 0 Å². The minimum Gasteiger partial charge on any atom is -0.497 e. The van der Waals surface area contributed by atoms with Crippen LogP contribution in [0.5, 0.6) is 5.75 Å². The summed E-state index contributed by atoms with van der Waals surface area (Å²) in [5.74, 6) is 0.784. The molecular weight excluding hydrogens is 444 g/mol. The van der Waals surface area contributed by atoms with E-state index in [2.05, 4.69) is 33.6 Å². The molecule has 5 aromatic rings. The second kappa shape index (κ2) is 9.72. The molecule has 6 nitrogen and oxygen atoms in total. The van der Waals surface area contributed by atoms with E-state index in [1.165, 1.54) is 11.3 Å². The highest BCUT2D eigenvalue weighted by atomic mass is 32.1. The molecule has 0 spiro atoms. The predicted molar refractivity (Wildman–Crippen MR) is 137 cm³/mol. The average molecular weight is 467 g/mol. The van der Waals surface area contributed by atoms with Crippen LogP contribution < -0.4 is 10.1 Å². The first-order valence-electron chi connectivity index (χ1n) is 10.8. The molecule has 0 aliphatic carbocycles. The Kier molecular flexibility index (Phi) is 6.18. The molecule has 168 valence electrons. The molecule has 3 heterocycles. The van der Waals surface area contributed by atoms with E-state index in [1.807, 2.05) is 66.0 Å². The standard InChI is InChI=1S/C27H22N4O2S/c1-33-22-11-9-19(10-12-22)5-3-14-28-21-7-2-6-20(17-21)24-13-15-29-27-23(18-30-31(24)27)26(32)25-8-4-16-34-25/h2-13,15-18,28H,14H2,1H3/b5-3+. The minimum atomic E-state index is -0.0614. The largest absolute Gasteiger partial charge is 0.497 e. The van der Waals surface area contributed by atoms with Crippen LogP contribution in [0.2, 0.25) is 0 Å². The third-order valence-corrected chi connectivity index (χ3v) is 6.27. The van der Waals surface area contributed by atoms with Gasteiger partial charge < -0.3 is 10.1 Å². The fourth-order valence-electron chi connectivity index (χ4n) is 3.69. The topological polar surface area (TPSA) is 68.5 Å². The summed E-state index contributed by atoms with van der Waals surface area (Å²) in [5.41, 5.74) is 5.01. The van der Waals surface area contributed by atoms with Crippen molar-refractivity contribution in [3.63, 3.8) is 0 Å². The van der Waals surface area contributed by atoms with Gasteiger partial charge in [-0.15, -0.1) is 11.3 Å². The molecule has 0 aliphatic rings. The molecule has 0 radical (unpaired) electrons. The monoisotopic (exact) mass is 466 g/mol. The molecule has 1 N–H and O–H groups in total. The van der Waals surface area contributed by atoms with Crippen molar-refractivity contribution in [1.29, 1.82) is 0 Å². The van der Waals surface area contributed by atoms with Crippen molar-refractivity contribution < 1.29 is 9.53 Å². The number of fused-ring (bicyclic) bond motifs is 1. The number of methoxy groups -OCH3 is 1. The molecule has 0 fully saturated rings. The van der Waals surface area contributed by atoms with Gasteiger partial charge in [0.2, 0.25) is 5.78 Å². The molecule has 2 aromatic carbocycles. The molecule has 3 aromatic heterocycles. The highest BCUT2D eigenvalue weighted by Crippen LogP contribution is 2.25. The normalized spacial score (nSPS) is 11.2. The van der Waals surface area contributed by atoms with Crippen molar-refractivity contribution in [2.45, 2.75) is 0 Å². The van der Waals surface area contributed by atoms with Gasteiger partial charge in [0.05, 0.1) is 29.4 Å². The summed E-state index contributed by atoms with van der Waals surface area (Å²) in [6, 6.07) is 21.6. The van der Waals surface area contributed by atoms with E-state index < -0.39 is 0 Å². The molecule has 0 aliphatic heterocycles. The van der Waals surface area contributed by atoms with Gasteiger partial charge in [-0.05, 0) is 47.3 Å². The Morgan fingerprint density at radius 1 is 1.12 bits per heavy atom. The first-order chi connectivity index (χ1) is 16.7. The summed E-state index contributed by atoms with van der Waals surface area (Å²) in [7, 11) is 1.66. The van der Waals surface area contributed by atoms with Crippen molar-refractivity contribution in [2.75, 3.05) is 19.0 Å². The maximum atomic E-state index is 12.9. The lowest BCUT2D eigenvalue weighted by Gasteiger charge is -2.08. The first-order valence-corrected chi connectivity index (χ1v) is 11.7. The first kappa shape index (κ1) is 21.6. The van der Waals surface area contributed by atoms with Gasteiger partial charge in [-0.25, -0.2) is 9.50 Å². The Bertz CT molecular complexity index is 1450. The summed E-state index contributed by atoms with van der Waals surface area (Å²) in [6.07, 6.45) is 7.46. The van der Waals surface area contributed by atoms with Gasteiger partial charge in [0.1, 0.15) is 5.75 Å². The number of hydrogen-bond donors (Lipinski definition) is 1. The predicted octanol–water partition coefficient (Wildman–Crippen LogP) is 5.82. The van der Waals surface area contributed by atoms with E-state index >= 15 is 0 Å². The molecule has 0 bridgehead atoms. The molecule has 34 heavy (non-hydrogen) atoms. The number of hydrogen-bond acceptors (Lipinski definition) is 6. The summed E-state index contributed by atoms with van der Waals surface area (Å²) in [6.45, 7) is 0.683. The number of anilines is 1. The Morgan fingerprint density at radius 3 is 2.79 bits per heavy atom. The zero-order chi connectivity index (χ0) is 23.3. The van der Waals surface area contributed by atoms with Gasteiger partial charge in [-0.3, -0.25) is 4.79 Å². The van der Waals surface area contributed by atoms with E-state index in [9.17, 15) is 4.79 Å². The maximum Gasteiger partial charge on any atom is 0.208 e. The molecule has 0 atom stereocenters. The van der Waals surface area contributed by atoms with Crippen LogP contribution in [-0.4, -0.2) is 34.0 Å². The van der Waals surface area contributed by atoms with E-state index in [4.69, 9.17) is 4.74 Å². The molecule has 0 saturated carbocycles. The average Bonchev–Trinajstić information content (AvgIpc) is 3.57. The highest BCUT2D eigenvalue weighted by molar-refractivity contribution is 7.12. The number of nitrogens with one attached hydrogen (secondary N) is 1. The third kappa shape index (κ3) is 4.46. The zero-order valence-corrected chi connectivity index (χ0v) is 19.3. The van der Waals surface area contributed by atoms with Crippen LogP contribution in [0.15, 0.2) is 90.6 Å². The molecule has 0 unspecified atom stereocenters. The van der Waals surface area contributed by atoms with Gasteiger partial charge in [0.25, 0.3) is 0 Å². The van der Waals surface area contributed by atoms with Crippen LogP contribution in [0.4, 0.5) is 5.69 Å². The lowest BCUT2D eigenvalue weighted by Crippen LogP contribution is -2.01. The van der Waals surface area contributed by atoms with Crippen molar-refractivity contribution in [3.05, 3.63) is 107 Å². The SMILES string of the molecule is COc1ccc(/C=C/CNc2cccc(-c3ccnc4c(C(=O)c5cccs5)cnn34)c2)cc1. The van der Waals surface area contributed by atoms with Crippen molar-refractivity contribution in [1.82, 2.24) is 14.6 Å². The molecule has 0 amide bonds. The summed E-state index contributed by atoms with van der Waals surface area (Å²) >= 11 is 1.42. The van der Waals surface area contributed by atoms with Gasteiger partial charge in [0, 0.05) is 24.0 Å². The number of thiophene rings is 1. The number of ketones is 1. The quantitative estimate of drug-likeness (QED) is 0.292. The summed E-state index contributed by atoms with van der Waals surface area (Å²) in [4.78, 5) is 18.0. The molecule has 0 saturated heterocycles. The second-order valence-electron chi connectivity index (χ2n) is 7.57. The number of ether oxygens (including phenoxy) is 1. The van der Waals surface area contributed by atoms with E-state index in [-0.39, 0.29) is 5.78 Å². The minimum absolute atomic E-state index is 0.0614.